The van der Waals surface area contributed by atoms with Crippen LogP contribution in [0.5, 0.6) is 17.2 Å². The molecule has 0 saturated carbocycles. The summed E-state index contributed by atoms with van der Waals surface area (Å²) in [5.74, 6) is 1.02. The van der Waals surface area contributed by atoms with E-state index in [4.69, 9.17) is 18.7 Å². The Morgan fingerprint density at radius 3 is 2.71 bits per heavy atom. The first-order chi connectivity index (χ1) is 9.95. The maximum atomic E-state index is 11.8. The maximum absolute atomic E-state index is 11.8. The van der Waals surface area contributed by atoms with Crippen LogP contribution in [0.1, 0.15) is 20.8 Å². The van der Waals surface area contributed by atoms with E-state index in [9.17, 15) is 9.36 Å². The van der Waals surface area contributed by atoms with Gasteiger partial charge in [0.25, 0.3) is 0 Å². The predicted molar refractivity (Wildman–Crippen MR) is 74.6 cm³/mol. The van der Waals surface area contributed by atoms with Crippen molar-refractivity contribution in [1.29, 1.82) is 0 Å². The molecule has 0 aromatic heterocycles. The lowest BCUT2D eigenvalue weighted by molar-refractivity contribution is -0.148. The largest absolute Gasteiger partial charge is 0.664 e. The Labute approximate surface area is 123 Å². The highest BCUT2D eigenvalue weighted by molar-refractivity contribution is 7.37. The summed E-state index contributed by atoms with van der Waals surface area (Å²) in [7, 11) is -2.26. The fraction of sp³-hybridized carbons (Fsp3) is 0.462. The number of nitrogens with one attached hydrogen (secondary N) is 1. The minimum absolute atomic E-state index is 0.154. The normalized spacial score (nSPS) is 14.8. The van der Waals surface area contributed by atoms with Gasteiger partial charge in [0.1, 0.15) is 6.04 Å². The number of carbonyl (C=O) groups excluding carboxylic acids is 1. The fourth-order valence-corrected chi connectivity index (χ4v) is 2.38. The number of esters is 1. The Kier molecular flexibility index (Phi) is 4.98. The van der Waals surface area contributed by atoms with Gasteiger partial charge in [-0.2, -0.15) is 0 Å². The molecule has 0 aliphatic carbocycles. The monoisotopic (exact) mass is 314 g/mol. The molecule has 1 aromatic rings. The average Bonchev–Trinajstić information content (AvgIpc) is 2.84. The van der Waals surface area contributed by atoms with Gasteiger partial charge >= 0.3 is 14.1 Å². The fourth-order valence-electron chi connectivity index (χ4n) is 1.60. The molecule has 1 aliphatic heterocycles. The van der Waals surface area contributed by atoms with Crippen LogP contribution in [0.4, 0.5) is 0 Å². The number of hydrogen-bond acceptors (Lipinski definition) is 6. The second-order valence-electron chi connectivity index (χ2n) is 4.70. The van der Waals surface area contributed by atoms with Crippen LogP contribution in [-0.2, 0) is 14.1 Å². The highest BCUT2D eigenvalue weighted by Crippen LogP contribution is 2.37. The van der Waals surface area contributed by atoms with Crippen molar-refractivity contribution in [2.45, 2.75) is 32.9 Å². The summed E-state index contributed by atoms with van der Waals surface area (Å²) in [6.07, 6.45) is -0.227. The molecule has 7 nitrogen and oxygen atoms in total. The number of benzene rings is 1. The van der Waals surface area contributed by atoms with Crippen LogP contribution in [0.15, 0.2) is 18.2 Å². The van der Waals surface area contributed by atoms with Crippen LogP contribution in [0.25, 0.3) is 0 Å². The molecule has 0 radical (unpaired) electrons. The molecular formula is C13H17NO6P+. The quantitative estimate of drug-likeness (QED) is 0.637. The van der Waals surface area contributed by atoms with Crippen molar-refractivity contribution in [3.8, 4) is 17.2 Å². The van der Waals surface area contributed by atoms with Crippen LogP contribution in [0, 0.1) is 0 Å². The van der Waals surface area contributed by atoms with E-state index in [0.717, 1.165) is 0 Å². The van der Waals surface area contributed by atoms with Crippen molar-refractivity contribution in [3.63, 3.8) is 0 Å². The van der Waals surface area contributed by atoms with Crippen LogP contribution in [0.3, 0.4) is 0 Å². The van der Waals surface area contributed by atoms with E-state index in [1.165, 1.54) is 0 Å². The molecule has 114 valence electrons. The van der Waals surface area contributed by atoms with Crippen LogP contribution >= 0.6 is 8.18 Å². The van der Waals surface area contributed by atoms with Gasteiger partial charge in [0.05, 0.1) is 6.10 Å². The number of fused-ring (bicyclic) bond motifs is 1. The van der Waals surface area contributed by atoms with Gasteiger partial charge < -0.3 is 14.2 Å². The zero-order valence-corrected chi connectivity index (χ0v) is 12.9. The molecule has 0 amide bonds. The molecule has 1 heterocycles. The summed E-state index contributed by atoms with van der Waals surface area (Å²) in [5.41, 5.74) is 0. The van der Waals surface area contributed by atoms with E-state index in [1.54, 1.807) is 39.0 Å². The van der Waals surface area contributed by atoms with Crippen molar-refractivity contribution in [2.24, 2.45) is 0 Å². The number of ether oxygens (including phenoxy) is 3. The summed E-state index contributed by atoms with van der Waals surface area (Å²) in [6, 6.07) is 4.12. The van der Waals surface area contributed by atoms with Gasteiger partial charge in [-0.3, -0.25) is 4.79 Å². The number of hydrogen-bond donors (Lipinski definition) is 1. The van der Waals surface area contributed by atoms with E-state index >= 15 is 0 Å². The Bertz CT molecular complexity index is 547. The molecule has 21 heavy (non-hydrogen) atoms. The van der Waals surface area contributed by atoms with Gasteiger partial charge in [-0.25, -0.2) is 4.52 Å². The first-order valence-electron chi connectivity index (χ1n) is 6.47. The summed E-state index contributed by atoms with van der Waals surface area (Å²) in [4.78, 5) is 11.6. The zero-order chi connectivity index (χ0) is 15.4. The van der Waals surface area contributed by atoms with Crippen molar-refractivity contribution < 1.29 is 28.1 Å². The van der Waals surface area contributed by atoms with Crippen molar-refractivity contribution >= 4 is 14.1 Å². The highest BCUT2D eigenvalue weighted by Gasteiger charge is 2.29. The number of carbonyl (C=O) groups is 1. The van der Waals surface area contributed by atoms with Gasteiger partial charge in [-0.05, 0) is 32.9 Å². The van der Waals surface area contributed by atoms with E-state index in [2.05, 4.69) is 5.09 Å². The SMILES string of the molecule is CC(C)OC(=O)[C@H](C)N[P+](=O)Oc1ccc2c(c1)OCO2. The van der Waals surface area contributed by atoms with E-state index in [0.29, 0.717) is 17.2 Å². The maximum Gasteiger partial charge on any atom is 0.664 e. The molecule has 0 saturated heterocycles. The summed E-state index contributed by atoms with van der Waals surface area (Å²) >= 11 is 0. The second kappa shape index (κ2) is 6.74. The summed E-state index contributed by atoms with van der Waals surface area (Å²) < 4.78 is 32.4. The highest BCUT2D eigenvalue weighted by atomic mass is 31.1. The third kappa shape index (κ3) is 4.31. The average molecular weight is 314 g/mol. The van der Waals surface area contributed by atoms with Crippen LogP contribution < -0.4 is 19.1 Å². The van der Waals surface area contributed by atoms with Crippen molar-refractivity contribution in [1.82, 2.24) is 5.09 Å². The zero-order valence-electron chi connectivity index (χ0n) is 12.0. The summed E-state index contributed by atoms with van der Waals surface area (Å²) in [6.45, 7) is 5.20. The lowest BCUT2D eigenvalue weighted by atomic mass is 10.3. The minimum atomic E-state index is -2.26. The number of rotatable bonds is 6. The Morgan fingerprint density at radius 1 is 1.29 bits per heavy atom. The third-order valence-corrected chi connectivity index (χ3v) is 3.51. The molecule has 0 fully saturated rings. The van der Waals surface area contributed by atoms with Gasteiger partial charge in [0.15, 0.2) is 17.2 Å². The second-order valence-corrected chi connectivity index (χ2v) is 5.65. The van der Waals surface area contributed by atoms with E-state index < -0.39 is 20.2 Å². The molecular weight excluding hydrogens is 297 g/mol. The van der Waals surface area contributed by atoms with Crippen LogP contribution in [-0.4, -0.2) is 24.9 Å². The lowest BCUT2D eigenvalue weighted by Gasteiger charge is -2.10. The van der Waals surface area contributed by atoms with Crippen LogP contribution in [0.2, 0.25) is 0 Å². The first kappa shape index (κ1) is 15.5. The molecule has 1 aliphatic rings. The molecule has 2 rings (SSSR count). The van der Waals surface area contributed by atoms with Gasteiger partial charge in [-0.1, -0.05) is 5.09 Å². The third-order valence-electron chi connectivity index (χ3n) is 2.54. The van der Waals surface area contributed by atoms with Gasteiger partial charge in [0, 0.05) is 10.6 Å². The first-order valence-corrected chi connectivity index (χ1v) is 7.65. The Balaban J connectivity index is 1.88. The molecule has 1 aromatic carbocycles. The molecule has 8 heteroatoms. The Hall–Kier alpha value is -1.85. The van der Waals surface area contributed by atoms with Crippen molar-refractivity contribution in [3.05, 3.63) is 18.2 Å². The van der Waals surface area contributed by atoms with Gasteiger partial charge in [-0.15, -0.1) is 0 Å². The smallest absolute Gasteiger partial charge is 0.462 e. The standard InChI is InChI=1S/C13H17NO6P/c1-8(2)19-13(15)9(3)14-21(16)20-10-4-5-11-12(6-10)18-7-17-11/h4-6,8-9H,7H2,1-3H3,(H,14,16)/q+1/t9-/m0/s1. The molecule has 2 atom stereocenters. The molecule has 0 bridgehead atoms. The topological polar surface area (TPSA) is 83.1 Å². The van der Waals surface area contributed by atoms with E-state index in [-0.39, 0.29) is 12.9 Å². The predicted octanol–water partition coefficient (Wildman–Crippen LogP) is 2.38. The lowest BCUT2D eigenvalue weighted by Crippen LogP contribution is -2.33. The van der Waals surface area contributed by atoms with Crippen molar-refractivity contribution in [2.75, 3.05) is 6.79 Å². The summed E-state index contributed by atoms with van der Waals surface area (Å²) in [5, 5.41) is 2.54. The molecule has 0 spiro atoms. The molecule has 1 unspecified atom stereocenters. The van der Waals surface area contributed by atoms with Gasteiger partial charge in [0.2, 0.25) is 6.79 Å². The van der Waals surface area contributed by atoms with E-state index in [1.807, 2.05) is 0 Å². The Morgan fingerprint density at radius 2 is 2.00 bits per heavy atom. The minimum Gasteiger partial charge on any atom is -0.462 e. The molecule has 1 N–H and O–H groups in total.